The Hall–Kier alpha value is -2.51. The van der Waals surface area contributed by atoms with Crippen LogP contribution in [0.1, 0.15) is 22.3 Å². The van der Waals surface area contributed by atoms with Crippen LogP contribution in [0.5, 0.6) is 11.5 Å². The van der Waals surface area contributed by atoms with Crippen LogP contribution < -0.4 is 14.4 Å². The van der Waals surface area contributed by atoms with Crippen LogP contribution in [0.2, 0.25) is 10.0 Å². The summed E-state index contributed by atoms with van der Waals surface area (Å²) in [6.45, 7) is 4.19. The molecule has 0 unspecified atom stereocenters. The highest BCUT2D eigenvalue weighted by atomic mass is 35.5. The fraction of sp³-hybridized carbons (Fsp3) is 0.154. The Morgan fingerprint density at radius 3 is 2.44 bits per heavy atom. The molecule has 1 aliphatic rings. The molecule has 0 atom stereocenters. The summed E-state index contributed by atoms with van der Waals surface area (Å²) in [7, 11) is 1.56. The topological polar surface area (TPSA) is 38.8 Å². The second kappa shape index (κ2) is 10.4. The van der Waals surface area contributed by atoms with E-state index in [0.717, 1.165) is 22.4 Å². The fourth-order valence-corrected chi connectivity index (χ4v) is 5.39. The zero-order valence-electron chi connectivity index (χ0n) is 18.7. The smallest absolute Gasteiger partial charge is 0.270 e. The lowest BCUT2D eigenvalue weighted by Gasteiger charge is -2.17. The molecule has 0 radical (unpaired) electrons. The summed E-state index contributed by atoms with van der Waals surface area (Å²) in [5.41, 5.74) is 4.43. The van der Waals surface area contributed by atoms with Gasteiger partial charge in [0.25, 0.3) is 5.91 Å². The summed E-state index contributed by atoms with van der Waals surface area (Å²) in [5.74, 6) is 0.926. The summed E-state index contributed by atoms with van der Waals surface area (Å²) in [5, 5.41) is 1.07. The number of nitrogens with zero attached hydrogens (tertiary/aromatic N) is 1. The van der Waals surface area contributed by atoms with Crippen LogP contribution in [0, 0.1) is 13.8 Å². The van der Waals surface area contributed by atoms with E-state index >= 15 is 0 Å². The number of benzene rings is 3. The van der Waals surface area contributed by atoms with E-state index in [9.17, 15) is 4.79 Å². The molecule has 1 amide bonds. The molecular formula is C26H21Cl2NO3S2. The lowest BCUT2D eigenvalue weighted by molar-refractivity contribution is -0.113. The van der Waals surface area contributed by atoms with E-state index in [4.69, 9.17) is 44.9 Å². The molecule has 34 heavy (non-hydrogen) atoms. The van der Waals surface area contributed by atoms with Crippen LogP contribution in [-0.4, -0.2) is 17.3 Å². The Kier molecular flexibility index (Phi) is 7.53. The molecule has 1 saturated heterocycles. The highest BCUT2D eigenvalue weighted by Gasteiger charge is 2.34. The first-order valence-corrected chi connectivity index (χ1v) is 12.4. The summed E-state index contributed by atoms with van der Waals surface area (Å²) in [4.78, 5) is 15.3. The van der Waals surface area contributed by atoms with Crippen molar-refractivity contribution in [3.63, 3.8) is 0 Å². The van der Waals surface area contributed by atoms with E-state index < -0.39 is 0 Å². The van der Waals surface area contributed by atoms with Crippen molar-refractivity contribution in [3.05, 3.63) is 91.8 Å². The number of carbonyl (C=O) groups excluding carboxylic acids is 1. The van der Waals surface area contributed by atoms with Gasteiger partial charge in [-0.2, -0.15) is 0 Å². The Labute approximate surface area is 218 Å². The molecular weight excluding hydrogens is 509 g/mol. The van der Waals surface area contributed by atoms with Crippen LogP contribution in [0.15, 0.2) is 59.5 Å². The molecule has 1 aliphatic heterocycles. The van der Waals surface area contributed by atoms with Crippen molar-refractivity contribution in [2.75, 3.05) is 12.0 Å². The van der Waals surface area contributed by atoms with Crippen molar-refractivity contribution in [1.29, 1.82) is 0 Å². The van der Waals surface area contributed by atoms with E-state index in [-0.39, 0.29) is 12.5 Å². The second-order valence-electron chi connectivity index (χ2n) is 7.71. The molecule has 1 fully saturated rings. The second-order valence-corrected chi connectivity index (χ2v) is 10.2. The number of methoxy groups -OCH3 is 1. The van der Waals surface area contributed by atoms with Crippen molar-refractivity contribution in [1.82, 2.24) is 0 Å². The average molecular weight is 530 g/mol. The Morgan fingerprint density at radius 2 is 1.76 bits per heavy atom. The number of hydrogen-bond acceptors (Lipinski definition) is 5. The zero-order chi connectivity index (χ0) is 24.4. The lowest BCUT2D eigenvalue weighted by Crippen LogP contribution is -2.28. The van der Waals surface area contributed by atoms with Crippen LogP contribution >= 0.6 is 47.2 Å². The predicted octanol–water partition coefficient (Wildman–Crippen LogP) is 7.60. The highest BCUT2D eigenvalue weighted by Crippen LogP contribution is 2.38. The number of thiocarbonyl (C=S) groups is 1. The van der Waals surface area contributed by atoms with Gasteiger partial charge in [-0.1, -0.05) is 77.0 Å². The van der Waals surface area contributed by atoms with Crippen molar-refractivity contribution >= 4 is 69.2 Å². The number of carbonyl (C=O) groups is 1. The lowest BCUT2D eigenvalue weighted by atomic mass is 10.1. The van der Waals surface area contributed by atoms with Crippen molar-refractivity contribution in [2.24, 2.45) is 0 Å². The van der Waals surface area contributed by atoms with Gasteiger partial charge in [0.2, 0.25) is 0 Å². The fourth-order valence-electron chi connectivity index (χ4n) is 3.60. The third-order valence-corrected chi connectivity index (χ3v) is 7.32. The van der Waals surface area contributed by atoms with Gasteiger partial charge < -0.3 is 9.47 Å². The summed E-state index contributed by atoms with van der Waals surface area (Å²) >= 11 is 19.3. The van der Waals surface area contributed by atoms with Crippen LogP contribution in [0.3, 0.4) is 0 Å². The monoisotopic (exact) mass is 529 g/mol. The number of hydrogen-bond donors (Lipinski definition) is 0. The number of ether oxygens (including phenoxy) is 2. The molecule has 4 rings (SSSR count). The Balaban J connectivity index is 1.56. The van der Waals surface area contributed by atoms with E-state index in [1.54, 1.807) is 42.4 Å². The third-order valence-electron chi connectivity index (χ3n) is 5.31. The average Bonchev–Trinajstić information content (AvgIpc) is 3.07. The molecule has 8 heteroatoms. The van der Waals surface area contributed by atoms with E-state index in [0.29, 0.717) is 36.3 Å². The van der Waals surface area contributed by atoms with Gasteiger partial charge in [-0.05, 0) is 61.4 Å². The predicted molar refractivity (Wildman–Crippen MR) is 145 cm³/mol. The first-order chi connectivity index (χ1) is 16.3. The van der Waals surface area contributed by atoms with Gasteiger partial charge in [0.05, 0.1) is 17.7 Å². The number of halogens is 2. The summed E-state index contributed by atoms with van der Waals surface area (Å²) < 4.78 is 11.9. The molecule has 4 nitrogen and oxygen atoms in total. The van der Waals surface area contributed by atoms with Gasteiger partial charge in [-0.15, -0.1) is 0 Å². The number of amides is 1. The Morgan fingerprint density at radius 1 is 1.03 bits per heavy atom. The number of rotatable bonds is 6. The van der Waals surface area contributed by atoms with Crippen LogP contribution in [-0.2, 0) is 11.4 Å². The van der Waals surface area contributed by atoms with Gasteiger partial charge >= 0.3 is 0 Å². The van der Waals surface area contributed by atoms with E-state index in [1.165, 1.54) is 11.8 Å². The molecule has 0 bridgehead atoms. The van der Waals surface area contributed by atoms with Gasteiger partial charge in [-0.3, -0.25) is 9.69 Å². The maximum atomic E-state index is 13.2. The quantitative estimate of drug-likeness (QED) is 0.242. The van der Waals surface area contributed by atoms with Crippen molar-refractivity contribution in [3.8, 4) is 11.5 Å². The molecule has 3 aromatic carbocycles. The van der Waals surface area contributed by atoms with Crippen LogP contribution in [0.25, 0.3) is 6.08 Å². The number of anilines is 1. The van der Waals surface area contributed by atoms with Crippen molar-refractivity contribution in [2.45, 2.75) is 20.5 Å². The number of aryl methyl sites for hydroxylation is 2. The molecule has 3 aromatic rings. The molecule has 0 spiro atoms. The number of thioether (sulfide) groups is 1. The maximum absolute atomic E-state index is 13.2. The summed E-state index contributed by atoms with van der Waals surface area (Å²) in [6.07, 6.45) is 1.81. The van der Waals surface area contributed by atoms with Gasteiger partial charge in [0.15, 0.2) is 15.8 Å². The Bertz CT molecular complexity index is 1300. The molecule has 0 aliphatic carbocycles. The first-order valence-electron chi connectivity index (χ1n) is 10.4. The largest absolute Gasteiger partial charge is 0.493 e. The minimum absolute atomic E-state index is 0.144. The first kappa shape index (κ1) is 24.6. The molecule has 0 aromatic heterocycles. The summed E-state index contributed by atoms with van der Waals surface area (Å²) in [6, 6.07) is 16.7. The van der Waals surface area contributed by atoms with E-state index in [1.807, 2.05) is 44.2 Å². The van der Waals surface area contributed by atoms with Crippen molar-refractivity contribution < 1.29 is 14.3 Å². The SMILES string of the molecule is COc1cc(/C=C2/SC(=S)N(c3ccc(C)cc3C)C2=O)ccc1OCc1c(Cl)cccc1Cl. The standard InChI is InChI=1S/C26H21Cl2NO3S2/c1-15-7-9-21(16(2)11-15)29-25(30)24(34-26(29)33)13-17-8-10-22(23(12-17)31-3)32-14-18-19(27)5-4-6-20(18)28/h4-13H,14H2,1-3H3/b24-13+. The molecule has 1 heterocycles. The zero-order valence-corrected chi connectivity index (χ0v) is 21.9. The van der Waals surface area contributed by atoms with Gasteiger partial charge in [-0.25, -0.2) is 0 Å². The van der Waals surface area contributed by atoms with Crippen LogP contribution in [0.4, 0.5) is 5.69 Å². The maximum Gasteiger partial charge on any atom is 0.270 e. The highest BCUT2D eigenvalue weighted by molar-refractivity contribution is 8.27. The van der Waals surface area contributed by atoms with E-state index in [2.05, 4.69) is 0 Å². The van der Waals surface area contributed by atoms with Gasteiger partial charge in [0, 0.05) is 15.6 Å². The third kappa shape index (κ3) is 5.10. The van der Waals surface area contributed by atoms with Gasteiger partial charge in [0.1, 0.15) is 6.61 Å². The minimum atomic E-state index is -0.144. The molecule has 174 valence electrons. The minimum Gasteiger partial charge on any atom is -0.493 e. The molecule has 0 saturated carbocycles. The molecule has 0 N–H and O–H groups in total. The normalized spacial score (nSPS) is 14.7.